The molecule has 5 nitrogen and oxygen atoms in total. The average Bonchev–Trinajstić information content (AvgIpc) is 2.48. The molecule has 0 aliphatic rings. The van der Waals surface area contributed by atoms with Crippen LogP contribution >= 0.6 is 0 Å². The average molecular weight is 364 g/mol. The van der Waals surface area contributed by atoms with Gasteiger partial charge in [0.25, 0.3) is 0 Å². The molecule has 0 heterocycles. The van der Waals surface area contributed by atoms with Gasteiger partial charge in [0, 0.05) is 26.2 Å². The van der Waals surface area contributed by atoms with Crippen LogP contribution in [0.3, 0.4) is 0 Å². The standard InChI is InChI=1S/C16H24F4N4O/c1-12(25-14-6-4-5-13(17)9-14)10-23-15(21-2)22-7-8-24(3)11-16(18,19)20/h4-6,9,12H,7-8,10-11H2,1-3H3,(H2,21,22,23). The number of rotatable bonds is 8. The molecule has 0 aliphatic heterocycles. The first-order chi connectivity index (χ1) is 11.7. The van der Waals surface area contributed by atoms with E-state index in [1.165, 1.54) is 24.1 Å². The van der Waals surface area contributed by atoms with Gasteiger partial charge >= 0.3 is 6.18 Å². The Hall–Kier alpha value is -2.03. The second-order valence-corrected chi connectivity index (χ2v) is 5.62. The molecule has 0 aromatic heterocycles. The minimum absolute atomic E-state index is 0.218. The number of alkyl halides is 3. The minimum Gasteiger partial charge on any atom is -0.489 e. The van der Waals surface area contributed by atoms with E-state index in [4.69, 9.17) is 4.74 Å². The maximum absolute atomic E-state index is 13.1. The number of halogens is 4. The van der Waals surface area contributed by atoms with Gasteiger partial charge in [0.15, 0.2) is 5.96 Å². The number of ether oxygens (including phenoxy) is 1. The number of nitrogens with zero attached hydrogens (tertiary/aromatic N) is 2. The summed E-state index contributed by atoms with van der Waals surface area (Å²) in [4.78, 5) is 5.17. The molecule has 1 unspecified atom stereocenters. The van der Waals surface area contributed by atoms with Crippen LogP contribution in [-0.4, -0.2) is 63.4 Å². The van der Waals surface area contributed by atoms with E-state index in [0.29, 0.717) is 24.8 Å². The molecule has 1 aromatic rings. The highest BCUT2D eigenvalue weighted by Gasteiger charge is 2.28. The van der Waals surface area contributed by atoms with Crippen LogP contribution in [-0.2, 0) is 0 Å². The van der Waals surface area contributed by atoms with Crippen molar-refractivity contribution in [1.82, 2.24) is 15.5 Å². The molecule has 9 heteroatoms. The molecule has 0 radical (unpaired) electrons. The molecule has 0 bridgehead atoms. The number of aliphatic imine (C=N–C) groups is 1. The molecule has 0 aliphatic carbocycles. The molecule has 0 saturated heterocycles. The van der Waals surface area contributed by atoms with Crippen molar-refractivity contribution < 1.29 is 22.3 Å². The second kappa shape index (κ2) is 10.1. The van der Waals surface area contributed by atoms with E-state index < -0.39 is 12.7 Å². The van der Waals surface area contributed by atoms with E-state index >= 15 is 0 Å². The molecule has 142 valence electrons. The summed E-state index contributed by atoms with van der Waals surface area (Å²) in [6.07, 6.45) is -4.47. The summed E-state index contributed by atoms with van der Waals surface area (Å²) in [6.45, 7) is 1.77. The number of hydrogen-bond acceptors (Lipinski definition) is 3. The van der Waals surface area contributed by atoms with Crippen molar-refractivity contribution in [3.05, 3.63) is 30.1 Å². The van der Waals surface area contributed by atoms with Gasteiger partial charge in [-0.15, -0.1) is 0 Å². The Morgan fingerprint density at radius 1 is 1.32 bits per heavy atom. The highest BCUT2D eigenvalue weighted by atomic mass is 19.4. The first-order valence-electron chi connectivity index (χ1n) is 7.81. The Morgan fingerprint density at radius 3 is 2.64 bits per heavy atom. The van der Waals surface area contributed by atoms with Gasteiger partial charge in [-0.1, -0.05) is 6.07 Å². The van der Waals surface area contributed by atoms with Gasteiger partial charge in [-0.2, -0.15) is 13.2 Å². The fourth-order valence-corrected chi connectivity index (χ4v) is 2.03. The van der Waals surface area contributed by atoms with Crippen LogP contribution in [0.1, 0.15) is 6.92 Å². The van der Waals surface area contributed by atoms with Crippen molar-refractivity contribution in [3.63, 3.8) is 0 Å². The molecule has 1 aromatic carbocycles. The van der Waals surface area contributed by atoms with Crippen molar-refractivity contribution >= 4 is 5.96 Å². The molecule has 0 spiro atoms. The zero-order chi connectivity index (χ0) is 18.9. The summed E-state index contributed by atoms with van der Waals surface area (Å²) in [5.41, 5.74) is 0. The van der Waals surface area contributed by atoms with Gasteiger partial charge in [-0.25, -0.2) is 4.39 Å². The molecular formula is C16H24F4N4O. The van der Waals surface area contributed by atoms with Gasteiger partial charge in [0.1, 0.15) is 17.7 Å². The third-order valence-electron chi connectivity index (χ3n) is 3.15. The third-order valence-corrected chi connectivity index (χ3v) is 3.15. The largest absolute Gasteiger partial charge is 0.489 e. The van der Waals surface area contributed by atoms with E-state index in [1.807, 2.05) is 6.92 Å². The number of hydrogen-bond donors (Lipinski definition) is 2. The summed E-state index contributed by atoms with van der Waals surface area (Å²) in [5.74, 6) is 0.499. The van der Waals surface area contributed by atoms with Crippen molar-refractivity contribution in [2.45, 2.75) is 19.2 Å². The normalized spacial score (nSPS) is 13.7. The van der Waals surface area contributed by atoms with Crippen LogP contribution in [0.5, 0.6) is 5.75 Å². The minimum atomic E-state index is -4.21. The Bertz CT molecular complexity index is 551. The Morgan fingerprint density at radius 2 is 2.04 bits per heavy atom. The lowest BCUT2D eigenvalue weighted by atomic mass is 10.3. The molecule has 0 fully saturated rings. The van der Waals surface area contributed by atoms with Gasteiger partial charge < -0.3 is 15.4 Å². The van der Waals surface area contributed by atoms with Crippen LogP contribution < -0.4 is 15.4 Å². The van der Waals surface area contributed by atoms with E-state index in [9.17, 15) is 17.6 Å². The highest BCUT2D eigenvalue weighted by molar-refractivity contribution is 5.79. The van der Waals surface area contributed by atoms with Gasteiger partial charge in [0.2, 0.25) is 0 Å². The molecule has 1 atom stereocenters. The predicted octanol–water partition coefficient (Wildman–Crippen LogP) is 2.25. The molecular weight excluding hydrogens is 340 g/mol. The maximum Gasteiger partial charge on any atom is 0.401 e. The molecule has 1 rings (SSSR count). The van der Waals surface area contributed by atoms with Gasteiger partial charge in [0.05, 0.1) is 13.1 Å². The number of likely N-dealkylation sites (N-methyl/N-ethyl adjacent to an activating group) is 1. The third kappa shape index (κ3) is 9.75. The molecule has 0 saturated carbocycles. The Balaban J connectivity index is 2.29. The summed E-state index contributed by atoms with van der Waals surface area (Å²) < 4.78 is 55.4. The number of benzene rings is 1. The smallest absolute Gasteiger partial charge is 0.401 e. The monoisotopic (exact) mass is 364 g/mol. The summed E-state index contributed by atoms with van der Waals surface area (Å²) in [7, 11) is 2.97. The van der Waals surface area contributed by atoms with E-state index in [1.54, 1.807) is 19.2 Å². The summed E-state index contributed by atoms with van der Waals surface area (Å²) in [5, 5.41) is 5.93. The van der Waals surface area contributed by atoms with E-state index in [-0.39, 0.29) is 18.5 Å². The zero-order valence-electron chi connectivity index (χ0n) is 14.5. The lowest BCUT2D eigenvalue weighted by molar-refractivity contribution is -0.142. The lowest BCUT2D eigenvalue weighted by Crippen LogP contribution is -2.44. The van der Waals surface area contributed by atoms with Crippen LogP contribution in [0.2, 0.25) is 0 Å². The summed E-state index contributed by atoms with van der Waals surface area (Å²) >= 11 is 0. The van der Waals surface area contributed by atoms with Crippen molar-refractivity contribution in [1.29, 1.82) is 0 Å². The second-order valence-electron chi connectivity index (χ2n) is 5.62. The fourth-order valence-electron chi connectivity index (χ4n) is 2.03. The molecule has 2 N–H and O–H groups in total. The molecule has 0 amide bonds. The van der Waals surface area contributed by atoms with Crippen molar-refractivity contribution in [2.24, 2.45) is 4.99 Å². The van der Waals surface area contributed by atoms with Crippen LogP contribution in [0, 0.1) is 5.82 Å². The zero-order valence-corrected chi connectivity index (χ0v) is 14.5. The van der Waals surface area contributed by atoms with E-state index in [2.05, 4.69) is 15.6 Å². The van der Waals surface area contributed by atoms with Crippen molar-refractivity contribution in [3.8, 4) is 5.75 Å². The summed E-state index contributed by atoms with van der Waals surface area (Å²) in [6, 6.07) is 5.84. The number of nitrogens with one attached hydrogen (secondary N) is 2. The van der Waals surface area contributed by atoms with Gasteiger partial charge in [-0.3, -0.25) is 9.89 Å². The first-order valence-corrected chi connectivity index (χ1v) is 7.81. The first kappa shape index (κ1) is 21.0. The topological polar surface area (TPSA) is 48.9 Å². The Labute approximate surface area is 145 Å². The van der Waals surface area contributed by atoms with Crippen LogP contribution in [0.25, 0.3) is 0 Å². The highest BCUT2D eigenvalue weighted by Crippen LogP contribution is 2.15. The van der Waals surface area contributed by atoms with Crippen LogP contribution in [0.4, 0.5) is 17.6 Å². The predicted molar refractivity (Wildman–Crippen MR) is 89.4 cm³/mol. The van der Waals surface area contributed by atoms with Gasteiger partial charge in [-0.05, 0) is 26.1 Å². The Kier molecular flexibility index (Phi) is 8.47. The number of guanidine groups is 1. The SMILES string of the molecule is CN=C(NCCN(C)CC(F)(F)F)NCC(C)Oc1cccc(F)c1. The van der Waals surface area contributed by atoms with Crippen molar-refractivity contribution in [2.75, 3.05) is 40.3 Å². The molecule has 25 heavy (non-hydrogen) atoms. The fraction of sp³-hybridized carbons (Fsp3) is 0.562. The quantitative estimate of drug-likeness (QED) is 0.422. The maximum atomic E-state index is 13.1. The lowest BCUT2D eigenvalue weighted by Gasteiger charge is -2.20. The van der Waals surface area contributed by atoms with E-state index in [0.717, 1.165) is 0 Å². The van der Waals surface area contributed by atoms with Crippen LogP contribution in [0.15, 0.2) is 29.3 Å².